The summed E-state index contributed by atoms with van der Waals surface area (Å²) < 4.78 is 0. The van der Waals surface area contributed by atoms with Gasteiger partial charge in [0.25, 0.3) is 0 Å². The Morgan fingerprint density at radius 2 is 1.93 bits per heavy atom. The maximum absolute atomic E-state index is 3.75. The number of likely N-dealkylation sites (tertiary alicyclic amines) is 1. The highest BCUT2D eigenvalue weighted by atomic mass is 15.2. The summed E-state index contributed by atoms with van der Waals surface area (Å²) in [5.41, 5.74) is 0. The Morgan fingerprint density at radius 1 is 1.07 bits per heavy atom. The summed E-state index contributed by atoms with van der Waals surface area (Å²) in [6.45, 7) is 3.99. The number of nitrogens with zero attached hydrogens (tertiary/aromatic N) is 1. The molecule has 0 radical (unpaired) electrons. The lowest BCUT2D eigenvalue weighted by Crippen LogP contribution is -2.46. The van der Waals surface area contributed by atoms with Crippen LogP contribution < -0.4 is 5.32 Å². The molecule has 14 heavy (non-hydrogen) atoms. The molecule has 2 saturated carbocycles. The standard InChI is InChI=1S/C12H22N2/c1-2-11(13-8-10-3-4-10)9-14(7-1)12-5-6-12/h10-13H,1-9H2. The van der Waals surface area contributed by atoms with Crippen molar-refractivity contribution in [3.63, 3.8) is 0 Å². The molecule has 1 N–H and O–H groups in total. The summed E-state index contributed by atoms with van der Waals surface area (Å²) in [6, 6.07) is 1.78. The number of rotatable bonds is 4. The molecule has 0 bridgehead atoms. The first-order valence-corrected chi connectivity index (χ1v) is 6.39. The molecule has 3 fully saturated rings. The molecule has 1 atom stereocenters. The third-order valence-corrected chi connectivity index (χ3v) is 3.91. The van der Waals surface area contributed by atoms with Gasteiger partial charge in [-0.3, -0.25) is 4.90 Å². The first kappa shape index (κ1) is 9.17. The molecule has 80 valence electrons. The first-order valence-electron chi connectivity index (χ1n) is 6.39. The zero-order valence-corrected chi connectivity index (χ0v) is 9.04. The van der Waals surface area contributed by atoms with E-state index in [9.17, 15) is 0 Å². The molecule has 0 aromatic rings. The minimum absolute atomic E-state index is 0.810. The van der Waals surface area contributed by atoms with E-state index in [0.29, 0.717) is 0 Å². The SMILES string of the molecule is C1CC(NCC2CC2)CN(C2CC2)C1. The van der Waals surface area contributed by atoms with Crippen molar-refractivity contribution in [1.29, 1.82) is 0 Å². The van der Waals surface area contributed by atoms with Crippen molar-refractivity contribution in [2.45, 2.75) is 50.6 Å². The Balaban J connectivity index is 1.42. The van der Waals surface area contributed by atoms with Crippen LogP contribution in [0.1, 0.15) is 38.5 Å². The van der Waals surface area contributed by atoms with Crippen LogP contribution in [0.5, 0.6) is 0 Å². The van der Waals surface area contributed by atoms with E-state index < -0.39 is 0 Å². The predicted molar refractivity (Wildman–Crippen MR) is 58.3 cm³/mol. The second-order valence-electron chi connectivity index (χ2n) is 5.42. The normalized spacial score (nSPS) is 34.7. The Bertz CT molecular complexity index is 196. The summed E-state index contributed by atoms with van der Waals surface area (Å²) in [4.78, 5) is 2.72. The third-order valence-electron chi connectivity index (χ3n) is 3.91. The van der Waals surface area contributed by atoms with Gasteiger partial charge < -0.3 is 5.32 Å². The van der Waals surface area contributed by atoms with Gasteiger partial charge in [0.15, 0.2) is 0 Å². The Kier molecular flexibility index (Phi) is 2.50. The van der Waals surface area contributed by atoms with Gasteiger partial charge in [-0.2, -0.15) is 0 Å². The second kappa shape index (κ2) is 3.82. The largest absolute Gasteiger partial charge is 0.312 e. The van der Waals surface area contributed by atoms with Gasteiger partial charge in [0.05, 0.1) is 0 Å². The van der Waals surface area contributed by atoms with Crippen molar-refractivity contribution in [1.82, 2.24) is 10.2 Å². The molecule has 2 heteroatoms. The second-order valence-corrected chi connectivity index (χ2v) is 5.42. The lowest BCUT2D eigenvalue weighted by molar-refractivity contribution is 0.182. The number of hydrogen-bond acceptors (Lipinski definition) is 2. The lowest BCUT2D eigenvalue weighted by atomic mass is 10.1. The van der Waals surface area contributed by atoms with Gasteiger partial charge in [-0.1, -0.05) is 0 Å². The maximum atomic E-state index is 3.75. The van der Waals surface area contributed by atoms with E-state index in [1.165, 1.54) is 58.2 Å². The van der Waals surface area contributed by atoms with Gasteiger partial charge in [-0.25, -0.2) is 0 Å². The van der Waals surface area contributed by atoms with Crippen LogP contribution in [0, 0.1) is 5.92 Å². The molecule has 2 aliphatic carbocycles. The summed E-state index contributed by atoms with van der Waals surface area (Å²) in [7, 11) is 0. The third kappa shape index (κ3) is 2.29. The first-order chi connectivity index (χ1) is 6.92. The summed E-state index contributed by atoms with van der Waals surface area (Å²) >= 11 is 0. The topological polar surface area (TPSA) is 15.3 Å². The van der Waals surface area contributed by atoms with Gasteiger partial charge in [0, 0.05) is 18.6 Å². The molecular weight excluding hydrogens is 172 g/mol. The van der Waals surface area contributed by atoms with Crippen LogP contribution in [0.4, 0.5) is 0 Å². The summed E-state index contributed by atoms with van der Waals surface area (Å²) in [5.74, 6) is 1.03. The Hall–Kier alpha value is -0.0800. The Morgan fingerprint density at radius 3 is 2.64 bits per heavy atom. The van der Waals surface area contributed by atoms with E-state index in [1.54, 1.807) is 0 Å². The highest BCUT2D eigenvalue weighted by Crippen LogP contribution is 2.30. The molecule has 1 aliphatic heterocycles. The van der Waals surface area contributed by atoms with E-state index in [4.69, 9.17) is 0 Å². The van der Waals surface area contributed by atoms with E-state index in [0.717, 1.165) is 18.0 Å². The van der Waals surface area contributed by atoms with E-state index in [-0.39, 0.29) is 0 Å². The van der Waals surface area contributed by atoms with Crippen LogP contribution in [-0.4, -0.2) is 36.6 Å². The molecule has 3 rings (SSSR count). The fraction of sp³-hybridized carbons (Fsp3) is 1.00. The van der Waals surface area contributed by atoms with Crippen molar-refractivity contribution in [2.75, 3.05) is 19.6 Å². The van der Waals surface area contributed by atoms with Crippen molar-refractivity contribution in [3.05, 3.63) is 0 Å². The van der Waals surface area contributed by atoms with Crippen LogP contribution >= 0.6 is 0 Å². The minimum atomic E-state index is 0.810. The fourth-order valence-corrected chi connectivity index (χ4v) is 2.60. The average molecular weight is 194 g/mol. The fourth-order valence-electron chi connectivity index (χ4n) is 2.60. The molecule has 0 amide bonds. The molecule has 3 aliphatic rings. The van der Waals surface area contributed by atoms with Crippen LogP contribution in [0.15, 0.2) is 0 Å². The molecule has 0 spiro atoms. The average Bonchev–Trinajstić information content (AvgIpc) is 3.06. The number of nitrogens with one attached hydrogen (secondary N) is 1. The van der Waals surface area contributed by atoms with Crippen LogP contribution in [0.25, 0.3) is 0 Å². The van der Waals surface area contributed by atoms with E-state index >= 15 is 0 Å². The smallest absolute Gasteiger partial charge is 0.0195 e. The van der Waals surface area contributed by atoms with Gasteiger partial charge in [0.1, 0.15) is 0 Å². The van der Waals surface area contributed by atoms with Gasteiger partial charge in [-0.15, -0.1) is 0 Å². The van der Waals surface area contributed by atoms with Crippen LogP contribution in [0.2, 0.25) is 0 Å². The highest BCUT2D eigenvalue weighted by molar-refractivity contribution is 4.90. The van der Waals surface area contributed by atoms with Gasteiger partial charge in [0.2, 0.25) is 0 Å². The van der Waals surface area contributed by atoms with Crippen molar-refractivity contribution in [2.24, 2.45) is 5.92 Å². The van der Waals surface area contributed by atoms with E-state index in [2.05, 4.69) is 10.2 Å². The summed E-state index contributed by atoms with van der Waals surface area (Å²) in [5, 5.41) is 3.75. The van der Waals surface area contributed by atoms with Crippen LogP contribution in [-0.2, 0) is 0 Å². The molecule has 0 aromatic carbocycles. The van der Waals surface area contributed by atoms with Crippen molar-refractivity contribution < 1.29 is 0 Å². The molecule has 2 nitrogen and oxygen atoms in total. The molecule has 0 aromatic heterocycles. The monoisotopic (exact) mass is 194 g/mol. The van der Waals surface area contributed by atoms with Crippen molar-refractivity contribution in [3.8, 4) is 0 Å². The zero-order valence-electron chi connectivity index (χ0n) is 9.04. The lowest BCUT2D eigenvalue weighted by Gasteiger charge is -2.33. The predicted octanol–water partition coefficient (Wildman–Crippen LogP) is 1.61. The number of hydrogen-bond donors (Lipinski definition) is 1. The van der Waals surface area contributed by atoms with Gasteiger partial charge in [-0.05, 0) is 57.5 Å². The molecule has 1 saturated heterocycles. The minimum Gasteiger partial charge on any atom is -0.312 e. The van der Waals surface area contributed by atoms with Gasteiger partial charge >= 0.3 is 0 Å². The molecule has 1 unspecified atom stereocenters. The summed E-state index contributed by atoms with van der Waals surface area (Å²) in [6.07, 6.45) is 8.72. The highest BCUT2D eigenvalue weighted by Gasteiger charge is 2.32. The van der Waals surface area contributed by atoms with Crippen LogP contribution in [0.3, 0.4) is 0 Å². The number of piperidine rings is 1. The quantitative estimate of drug-likeness (QED) is 0.731. The molecular formula is C12H22N2. The van der Waals surface area contributed by atoms with Crippen molar-refractivity contribution >= 4 is 0 Å². The maximum Gasteiger partial charge on any atom is 0.0195 e. The molecule has 1 heterocycles. The zero-order chi connectivity index (χ0) is 9.38. The Labute approximate surface area is 87.0 Å². The van der Waals surface area contributed by atoms with E-state index in [1.807, 2.05) is 0 Å².